The van der Waals surface area contributed by atoms with E-state index < -0.39 is 20.9 Å². The summed E-state index contributed by atoms with van der Waals surface area (Å²) < 4.78 is 38.4. The summed E-state index contributed by atoms with van der Waals surface area (Å²) in [6.45, 7) is 2.23. The highest BCUT2D eigenvalue weighted by Crippen LogP contribution is 2.16. The Morgan fingerprint density at radius 2 is 2.24 bits per heavy atom. The molecule has 1 aromatic rings. The molecule has 1 aromatic heterocycles. The summed E-state index contributed by atoms with van der Waals surface area (Å²) in [6.07, 6.45) is 1.90. The zero-order chi connectivity index (χ0) is 13.1. The van der Waals surface area contributed by atoms with E-state index >= 15 is 0 Å². The maximum absolute atomic E-state index is 13.4. The normalized spacial score (nSPS) is 13.9. The van der Waals surface area contributed by atoms with Gasteiger partial charge in [-0.2, -0.15) is 4.31 Å². The Morgan fingerprint density at radius 1 is 1.59 bits per heavy atom. The van der Waals surface area contributed by atoms with Crippen LogP contribution in [0.5, 0.6) is 0 Å². The molecule has 96 valence electrons. The fraction of sp³-hybridized carbons (Fsp3) is 0.500. The largest absolute Gasteiger partial charge is 0.263 e. The fourth-order valence-electron chi connectivity index (χ4n) is 1.19. The van der Waals surface area contributed by atoms with Crippen molar-refractivity contribution in [3.05, 3.63) is 24.1 Å². The van der Waals surface area contributed by atoms with Crippen molar-refractivity contribution in [3.63, 3.8) is 0 Å². The molecule has 0 aliphatic carbocycles. The topological polar surface area (TPSA) is 50.3 Å². The van der Waals surface area contributed by atoms with Crippen LogP contribution in [0.2, 0.25) is 0 Å². The summed E-state index contributed by atoms with van der Waals surface area (Å²) >= 11 is 3.33. The van der Waals surface area contributed by atoms with E-state index in [1.165, 1.54) is 19.3 Å². The van der Waals surface area contributed by atoms with Crippen molar-refractivity contribution in [1.82, 2.24) is 9.29 Å². The highest BCUT2D eigenvalue weighted by molar-refractivity contribution is 9.09. The standard InChI is InChI=1S/C10H14BrFN2O2S/c1-8(11)5-7-14(2)17(15,16)10-9(12)4-3-6-13-10/h3-4,6,8H,5,7H2,1-2H3. The molecule has 0 fully saturated rings. The summed E-state index contributed by atoms with van der Waals surface area (Å²) in [4.78, 5) is 3.78. The molecule has 1 atom stereocenters. The van der Waals surface area contributed by atoms with E-state index in [1.54, 1.807) is 0 Å². The number of sulfonamides is 1. The van der Waals surface area contributed by atoms with Gasteiger partial charge in [-0.3, -0.25) is 0 Å². The average molecular weight is 325 g/mol. The predicted octanol–water partition coefficient (Wildman–Crippen LogP) is 2.01. The van der Waals surface area contributed by atoms with Crippen LogP contribution in [0.4, 0.5) is 4.39 Å². The van der Waals surface area contributed by atoms with Gasteiger partial charge in [-0.25, -0.2) is 17.8 Å². The smallest absolute Gasteiger partial charge is 0.241 e. The summed E-state index contributed by atoms with van der Waals surface area (Å²) in [5, 5.41) is -0.523. The van der Waals surface area contributed by atoms with Crippen molar-refractivity contribution in [2.45, 2.75) is 23.2 Å². The van der Waals surface area contributed by atoms with Crippen LogP contribution >= 0.6 is 15.9 Å². The Morgan fingerprint density at radius 3 is 2.76 bits per heavy atom. The molecular formula is C10H14BrFN2O2S. The number of alkyl halides is 1. The molecule has 7 heteroatoms. The van der Waals surface area contributed by atoms with Gasteiger partial charge in [0.2, 0.25) is 5.03 Å². The lowest BCUT2D eigenvalue weighted by atomic mass is 10.3. The van der Waals surface area contributed by atoms with Crippen molar-refractivity contribution in [1.29, 1.82) is 0 Å². The van der Waals surface area contributed by atoms with Crippen LogP contribution in [0.1, 0.15) is 13.3 Å². The van der Waals surface area contributed by atoms with Crippen LogP contribution in [0.3, 0.4) is 0 Å². The minimum absolute atomic E-state index is 0.203. The second-order valence-electron chi connectivity index (χ2n) is 3.69. The van der Waals surface area contributed by atoms with Crippen LogP contribution in [0, 0.1) is 5.82 Å². The van der Waals surface area contributed by atoms with E-state index in [2.05, 4.69) is 20.9 Å². The first kappa shape index (κ1) is 14.5. The molecule has 4 nitrogen and oxygen atoms in total. The molecule has 0 N–H and O–H groups in total. The second kappa shape index (κ2) is 5.88. The summed E-state index contributed by atoms with van der Waals surface area (Å²) in [6, 6.07) is 2.44. The number of halogens is 2. The molecule has 0 radical (unpaired) electrons. The molecule has 0 saturated carbocycles. The maximum atomic E-state index is 13.4. The lowest BCUT2D eigenvalue weighted by molar-refractivity contribution is 0.451. The molecule has 1 rings (SSSR count). The Kier molecular flexibility index (Phi) is 5.03. The lowest BCUT2D eigenvalue weighted by Crippen LogP contribution is -2.30. The molecular weight excluding hydrogens is 311 g/mol. The number of hydrogen-bond acceptors (Lipinski definition) is 3. The van der Waals surface area contributed by atoms with Crippen LogP contribution in [0.25, 0.3) is 0 Å². The molecule has 0 aliphatic rings. The molecule has 0 bridgehead atoms. The Bertz CT molecular complexity index is 479. The SMILES string of the molecule is CC(Br)CCN(C)S(=O)(=O)c1ncccc1F. The number of rotatable bonds is 5. The van der Waals surface area contributed by atoms with Gasteiger partial charge in [0.25, 0.3) is 10.0 Å². The first-order chi connectivity index (χ1) is 7.85. The van der Waals surface area contributed by atoms with Gasteiger partial charge in [0, 0.05) is 24.6 Å². The van der Waals surface area contributed by atoms with Gasteiger partial charge >= 0.3 is 0 Å². The molecule has 0 amide bonds. The molecule has 17 heavy (non-hydrogen) atoms. The lowest BCUT2D eigenvalue weighted by Gasteiger charge is -2.17. The third-order valence-corrected chi connectivity index (χ3v) is 4.47. The molecule has 1 heterocycles. The third kappa shape index (κ3) is 3.72. The molecule has 0 spiro atoms. The molecule has 0 aliphatic heterocycles. The molecule has 1 unspecified atom stereocenters. The van der Waals surface area contributed by atoms with E-state index in [4.69, 9.17) is 0 Å². The van der Waals surface area contributed by atoms with Gasteiger partial charge < -0.3 is 0 Å². The highest BCUT2D eigenvalue weighted by atomic mass is 79.9. The third-order valence-electron chi connectivity index (χ3n) is 2.22. The van der Waals surface area contributed by atoms with Gasteiger partial charge in [0.1, 0.15) is 0 Å². The molecule has 0 saturated heterocycles. The van der Waals surface area contributed by atoms with Crippen molar-refractivity contribution < 1.29 is 12.8 Å². The fourth-order valence-corrected chi connectivity index (χ4v) is 2.54. The van der Waals surface area contributed by atoms with Gasteiger partial charge in [-0.15, -0.1) is 0 Å². The van der Waals surface area contributed by atoms with Crippen molar-refractivity contribution in [2.75, 3.05) is 13.6 Å². The minimum Gasteiger partial charge on any atom is -0.241 e. The quantitative estimate of drug-likeness (QED) is 0.778. The molecule has 0 aromatic carbocycles. The predicted molar refractivity (Wildman–Crippen MR) is 67.0 cm³/mol. The van der Waals surface area contributed by atoms with Crippen LogP contribution < -0.4 is 0 Å². The van der Waals surface area contributed by atoms with Crippen LogP contribution in [-0.2, 0) is 10.0 Å². The van der Waals surface area contributed by atoms with Gasteiger partial charge in [-0.1, -0.05) is 22.9 Å². The number of pyridine rings is 1. The Labute approximate surface area is 109 Å². The number of aromatic nitrogens is 1. The van der Waals surface area contributed by atoms with Gasteiger partial charge in [-0.05, 0) is 18.6 Å². The van der Waals surface area contributed by atoms with E-state index in [0.717, 1.165) is 10.4 Å². The average Bonchev–Trinajstić information content (AvgIpc) is 2.26. The first-order valence-electron chi connectivity index (χ1n) is 5.06. The zero-order valence-corrected chi connectivity index (χ0v) is 12.0. The Balaban J connectivity index is 2.92. The van der Waals surface area contributed by atoms with Gasteiger partial charge in [0.05, 0.1) is 0 Å². The first-order valence-corrected chi connectivity index (χ1v) is 7.42. The summed E-state index contributed by atoms with van der Waals surface area (Å²) in [7, 11) is -2.42. The van der Waals surface area contributed by atoms with E-state index in [-0.39, 0.29) is 4.83 Å². The zero-order valence-electron chi connectivity index (χ0n) is 9.60. The van der Waals surface area contributed by atoms with Crippen LogP contribution in [0.15, 0.2) is 23.4 Å². The van der Waals surface area contributed by atoms with Gasteiger partial charge in [0.15, 0.2) is 5.82 Å². The number of hydrogen-bond donors (Lipinski definition) is 0. The van der Waals surface area contributed by atoms with E-state index in [0.29, 0.717) is 13.0 Å². The van der Waals surface area contributed by atoms with E-state index in [9.17, 15) is 12.8 Å². The van der Waals surface area contributed by atoms with Crippen molar-refractivity contribution in [2.24, 2.45) is 0 Å². The monoisotopic (exact) mass is 324 g/mol. The van der Waals surface area contributed by atoms with Crippen molar-refractivity contribution >= 4 is 26.0 Å². The van der Waals surface area contributed by atoms with Crippen molar-refractivity contribution in [3.8, 4) is 0 Å². The minimum atomic E-state index is -3.84. The summed E-state index contributed by atoms with van der Waals surface area (Å²) in [5.41, 5.74) is 0. The summed E-state index contributed by atoms with van der Waals surface area (Å²) in [5.74, 6) is -0.828. The number of nitrogens with zero attached hydrogens (tertiary/aromatic N) is 2. The highest BCUT2D eigenvalue weighted by Gasteiger charge is 2.25. The van der Waals surface area contributed by atoms with E-state index in [1.807, 2.05) is 6.92 Å². The van der Waals surface area contributed by atoms with Crippen LogP contribution in [-0.4, -0.2) is 36.1 Å². The Hall–Kier alpha value is -0.530. The maximum Gasteiger partial charge on any atom is 0.263 e. The second-order valence-corrected chi connectivity index (χ2v) is 7.21.